The second kappa shape index (κ2) is 5.13. The zero-order chi connectivity index (χ0) is 9.72. The van der Waals surface area contributed by atoms with Gasteiger partial charge in [-0.15, -0.1) is 0 Å². The Bertz CT molecular complexity index is 185. The SMILES string of the molecule is CC(/C=N\C(C)C)=C(/C)C(C)C. The average molecular weight is 167 g/mol. The molecule has 0 rings (SSSR count). The molecule has 0 saturated heterocycles. The standard InChI is InChI=1S/C11H21N/c1-8(2)11(6)10(5)7-12-9(3)4/h7-9H,1-6H3/b11-10+,12-7-. The van der Waals surface area contributed by atoms with Crippen molar-refractivity contribution in [1.29, 1.82) is 0 Å². The predicted molar refractivity (Wildman–Crippen MR) is 56.8 cm³/mol. The van der Waals surface area contributed by atoms with E-state index in [2.05, 4.69) is 46.5 Å². The summed E-state index contributed by atoms with van der Waals surface area (Å²) in [5, 5.41) is 0. The first-order valence-corrected chi connectivity index (χ1v) is 4.65. The molecule has 0 spiro atoms. The molecular formula is C11H21N. The normalized spacial score (nSPS) is 14.7. The Hall–Kier alpha value is -0.590. The Kier molecular flexibility index (Phi) is 4.87. The molecule has 0 atom stereocenters. The molecule has 0 unspecified atom stereocenters. The molecule has 0 aliphatic carbocycles. The van der Waals surface area contributed by atoms with Crippen molar-refractivity contribution in [1.82, 2.24) is 0 Å². The zero-order valence-corrected chi connectivity index (χ0v) is 9.18. The van der Waals surface area contributed by atoms with Gasteiger partial charge in [0.25, 0.3) is 0 Å². The Labute approximate surface area is 76.6 Å². The highest BCUT2D eigenvalue weighted by atomic mass is 14.7. The van der Waals surface area contributed by atoms with Crippen LogP contribution in [0.5, 0.6) is 0 Å². The van der Waals surface area contributed by atoms with Crippen LogP contribution in [0.4, 0.5) is 0 Å². The first kappa shape index (κ1) is 11.4. The molecule has 70 valence electrons. The van der Waals surface area contributed by atoms with Gasteiger partial charge in [0.1, 0.15) is 0 Å². The summed E-state index contributed by atoms with van der Waals surface area (Å²) in [6, 6.07) is 0.403. The highest BCUT2D eigenvalue weighted by molar-refractivity contribution is 5.78. The molecule has 12 heavy (non-hydrogen) atoms. The summed E-state index contributed by atoms with van der Waals surface area (Å²) < 4.78 is 0. The fraction of sp³-hybridized carbons (Fsp3) is 0.727. The Morgan fingerprint density at radius 3 is 1.92 bits per heavy atom. The molecule has 0 heterocycles. The van der Waals surface area contributed by atoms with Gasteiger partial charge in [-0.25, -0.2) is 0 Å². The quantitative estimate of drug-likeness (QED) is 0.571. The Morgan fingerprint density at radius 2 is 1.58 bits per heavy atom. The van der Waals surface area contributed by atoms with Crippen molar-refractivity contribution in [2.45, 2.75) is 47.6 Å². The average Bonchev–Trinajstić information content (AvgIpc) is 1.98. The Morgan fingerprint density at radius 1 is 1.08 bits per heavy atom. The van der Waals surface area contributed by atoms with E-state index in [-0.39, 0.29) is 0 Å². The number of hydrogen-bond donors (Lipinski definition) is 0. The van der Waals surface area contributed by atoms with Crippen molar-refractivity contribution in [3.05, 3.63) is 11.1 Å². The molecule has 1 heteroatoms. The van der Waals surface area contributed by atoms with E-state index in [1.165, 1.54) is 11.1 Å². The van der Waals surface area contributed by atoms with Crippen molar-refractivity contribution in [2.75, 3.05) is 0 Å². The van der Waals surface area contributed by atoms with Crippen molar-refractivity contribution in [3.63, 3.8) is 0 Å². The second-order valence-electron chi connectivity index (χ2n) is 3.89. The highest BCUT2D eigenvalue weighted by Crippen LogP contribution is 2.12. The van der Waals surface area contributed by atoms with Gasteiger partial charge in [0.05, 0.1) is 0 Å². The molecule has 0 bridgehead atoms. The molecule has 0 fully saturated rings. The summed E-state index contributed by atoms with van der Waals surface area (Å²) in [6.45, 7) is 12.9. The first-order chi connectivity index (χ1) is 5.45. The van der Waals surface area contributed by atoms with Crippen LogP contribution in [0.2, 0.25) is 0 Å². The summed E-state index contributed by atoms with van der Waals surface area (Å²) in [6.07, 6.45) is 1.99. The maximum absolute atomic E-state index is 4.35. The van der Waals surface area contributed by atoms with E-state index in [1.807, 2.05) is 6.21 Å². The third kappa shape index (κ3) is 4.32. The van der Waals surface area contributed by atoms with Crippen LogP contribution >= 0.6 is 0 Å². The highest BCUT2D eigenvalue weighted by Gasteiger charge is 1.99. The minimum absolute atomic E-state index is 0.403. The smallest absolute Gasteiger partial charge is 0.0443 e. The van der Waals surface area contributed by atoms with Gasteiger partial charge in [0, 0.05) is 12.3 Å². The molecule has 0 saturated carbocycles. The maximum atomic E-state index is 4.35. The lowest BCUT2D eigenvalue weighted by Crippen LogP contribution is -1.96. The monoisotopic (exact) mass is 167 g/mol. The van der Waals surface area contributed by atoms with E-state index in [4.69, 9.17) is 0 Å². The topological polar surface area (TPSA) is 12.4 Å². The summed E-state index contributed by atoms with van der Waals surface area (Å²) in [4.78, 5) is 4.35. The lowest BCUT2D eigenvalue weighted by atomic mass is 10.0. The van der Waals surface area contributed by atoms with Gasteiger partial charge in [-0.2, -0.15) is 0 Å². The Balaban J connectivity index is 4.36. The second-order valence-corrected chi connectivity index (χ2v) is 3.89. The number of rotatable bonds is 3. The molecule has 0 N–H and O–H groups in total. The number of nitrogens with zero attached hydrogens (tertiary/aromatic N) is 1. The third-order valence-corrected chi connectivity index (χ3v) is 2.05. The summed E-state index contributed by atoms with van der Waals surface area (Å²) in [7, 11) is 0. The van der Waals surface area contributed by atoms with Gasteiger partial charge in [0.15, 0.2) is 0 Å². The van der Waals surface area contributed by atoms with Gasteiger partial charge in [-0.1, -0.05) is 19.4 Å². The van der Waals surface area contributed by atoms with Crippen LogP contribution in [0.15, 0.2) is 16.1 Å². The van der Waals surface area contributed by atoms with Crippen LogP contribution in [0.25, 0.3) is 0 Å². The van der Waals surface area contributed by atoms with Crippen LogP contribution in [0, 0.1) is 5.92 Å². The van der Waals surface area contributed by atoms with E-state index in [0.717, 1.165) is 0 Å². The van der Waals surface area contributed by atoms with Crippen LogP contribution < -0.4 is 0 Å². The van der Waals surface area contributed by atoms with Crippen molar-refractivity contribution < 1.29 is 0 Å². The summed E-state index contributed by atoms with van der Waals surface area (Å²) in [5.41, 5.74) is 2.73. The molecule has 0 radical (unpaired) electrons. The molecule has 0 aromatic heterocycles. The van der Waals surface area contributed by atoms with Crippen LogP contribution in [0.3, 0.4) is 0 Å². The van der Waals surface area contributed by atoms with Gasteiger partial charge in [-0.05, 0) is 39.2 Å². The first-order valence-electron chi connectivity index (χ1n) is 4.65. The fourth-order valence-corrected chi connectivity index (χ4v) is 0.818. The number of aliphatic imine (C=N–C) groups is 1. The van der Waals surface area contributed by atoms with Crippen LogP contribution in [-0.4, -0.2) is 12.3 Å². The minimum atomic E-state index is 0.403. The molecule has 0 aromatic carbocycles. The van der Waals surface area contributed by atoms with E-state index in [1.54, 1.807) is 0 Å². The fourth-order valence-electron chi connectivity index (χ4n) is 0.818. The minimum Gasteiger partial charge on any atom is -0.290 e. The number of hydrogen-bond acceptors (Lipinski definition) is 1. The lowest BCUT2D eigenvalue weighted by molar-refractivity contribution is 0.762. The van der Waals surface area contributed by atoms with E-state index < -0.39 is 0 Å². The lowest BCUT2D eigenvalue weighted by Gasteiger charge is -2.07. The molecule has 0 aliphatic rings. The number of allylic oxidation sites excluding steroid dienone is 2. The van der Waals surface area contributed by atoms with E-state index in [0.29, 0.717) is 12.0 Å². The molecule has 0 aliphatic heterocycles. The summed E-state index contributed by atoms with van der Waals surface area (Å²) in [5.74, 6) is 0.628. The van der Waals surface area contributed by atoms with Crippen molar-refractivity contribution in [3.8, 4) is 0 Å². The van der Waals surface area contributed by atoms with Crippen molar-refractivity contribution in [2.24, 2.45) is 10.9 Å². The molecule has 0 aromatic rings. The van der Waals surface area contributed by atoms with Crippen LogP contribution in [-0.2, 0) is 0 Å². The van der Waals surface area contributed by atoms with Gasteiger partial charge < -0.3 is 0 Å². The van der Waals surface area contributed by atoms with Gasteiger partial charge in [0.2, 0.25) is 0 Å². The predicted octanol–water partition coefficient (Wildman–Crippen LogP) is 3.46. The van der Waals surface area contributed by atoms with E-state index >= 15 is 0 Å². The van der Waals surface area contributed by atoms with Gasteiger partial charge in [-0.3, -0.25) is 4.99 Å². The third-order valence-electron chi connectivity index (χ3n) is 2.05. The maximum Gasteiger partial charge on any atom is 0.0443 e. The van der Waals surface area contributed by atoms with E-state index in [9.17, 15) is 0 Å². The zero-order valence-electron chi connectivity index (χ0n) is 9.18. The van der Waals surface area contributed by atoms with Crippen LogP contribution in [0.1, 0.15) is 41.5 Å². The summed E-state index contributed by atoms with van der Waals surface area (Å²) >= 11 is 0. The molecule has 1 nitrogen and oxygen atoms in total. The largest absolute Gasteiger partial charge is 0.290 e. The van der Waals surface area contributed by atoms with Gasteiger partial charge >= 0.3 is 0 Å². The van der Waals surface area contributed by atoms with Crippen molar-refractivity contribution >= 4 is 6.21 Å². The molecule has 0 amide bonds. The molecular weight excluding hydrogens is 146 g/mol.